The Balaban J connectivity index is 1.67. The molecule has 1 aliphatic rings. The van der Waals surface area contributed by atoms with E-state index in [2.05, 4.69) is 10.0 Å². The van der Waals surface area contributed by atoms with Gasteiger partial charge in [0.1, 0.15) is 6.61 Å². The summed E-state index contributed by atoms with van der Waals surface area (Å²) < 4.78 is 21.6. The molecule has 0 bridgehead atoms. The van der Waals surface area contributed by atoms with Crippen LogP contribution in [0.15, 0.2) is 17.2 Å². The fourth-order valence-corrected chi connectivity index (χ4v) is 2.41. The van der Waals surface area contributed by atoms with Crippen molar-refractivity contribution in [3.05, 3.63) is 33.7 Å². The molecule has 0 amide bonds. The molecular weight excluding hydrogens is 314 g/mol. The van der Waals surface area contributed by atoms with Crippen LogP contribution in [0.5, 0.6) is 11.5 Å². The van der Waals surface area contributed by atoms with E-state index in [-0.39, 0.29) is 5.78 Å². The van der Waals surface area contributed by atoms with Gasteiger partial charge in [-0.15, -0.1) is 0 Å². The van der Waals surface area contributed by atoms with Crippen molar-refractivity contribution in [3.8, 4) is 11.5 Å². The smallest absolute Gasteiger partial charge is 0.163 e. The number of Topliss-reactive ketones (excluding diaryl/α,β-unsaturated/α-hetero) is 1. The van der Waals surface area contributed by atoms with Gasteiger partial charge in [-0.25, -0.2) is 0 Å². The summed E-state index contributed by atoms with van der Waals surface area (Å²) in [5, 5.41) is 3.36. The normalized spacial score (nSPS) is 12.6. The zero-order chi connectivity index (χ0) is 17.2. The van der Waals surface area contributed by atoms with Crippen molar-refractivity contribution in [2.45, 2.75) is 12.8 Å². The Morgan fingerprint density at radius 2 is 1.83 bits per heavy atom. The zero-order valence-electron chi connectivity index (χ0n) is 13.7. The second-order valence-corrected chi connectivity index (χ2v) is 5.11. The van der Waals surface area contributed by atoms with Crippen molar-refractivity contribution in [3.63, 3.8) is 0 Å². The molecule has 24 heavy (non-hydrogen) atoms. The Kier molecular flexibility index (Phi) is 7.35. The molecule has 0 aliphatic heterocycles. The molecule has 0 saturated carbocycles. The van der Waals surface area contributed by atoms with Crippen LogP contribution in [0.3, 0.4) is 0 Å². The van der Waals surface area contributed by atoms with Gasteiger partial charge in [0.2, 0.25) is 0 Å². The Bertz CT molecular complexity index is 614. The molecule has 130 valence electrons. The largest absolute Gasteiger partial charge is 0.493 e. The number of hydrogen-bond donors (Lipinski definition) is 0. The molecule has 0 spiro atoms. The Morgan fingerprint density at radius 1 is 1.08 bits per heavy atom. The summed E-state index contributed by atoms with van der Waals surface area (Å²) >= 11 is 0. The van der Waals surface area contributed by atoms with Crippen LogP contribution in [0.1, 0.15) is 22.3 Å². The standard InChI is InChI=1S/C16H21N3O5/c1-21-15-11-13-12(2-3-14(13)20)10-16(15)24-9-8-23-7-6-22-5-4-18-19-17/h10-11H,2-9H2,1H3. The number of carbonyl (C=O) groups excluding carboxylic acids is 1. The molecular formula is C16H21N3O5. The monoisotopic (exact) mass is 335 g/mol. The molecule has 0 fully saturated rings. The third-order valence-corrected chi connectivity index (χ3v) is 3.57. The maximum atomic E-state index is 11.7. The number of nitrogens with zero attached hydrogens (tertiary/aromatic N) is 3. The van der Waals surface area contributed by atoms with Crippen molar-refractivity contribution in [2.24, 2.45) is 5.11 Å². The zero-order valence-corrected chi connectivity index (χ0v) is 13.7. The number of azide groups is 1. The van der Waals surface area contributed by atoms with Crippen molar-refractivity contribution < 1.29 is 23.7 Å². The van der Waals surface area contributed by atoms with Gasteiger partial charge in [-0.3, -0.25) is 4.79 Å². The average Bonchev–Trinajstić information content (AvgIpc) is 2.96. The van der Waals surface area contributed by atoms with E-state index in [1.54, 1.807) is 13.2 Å². The molecule has 8 nitrogen and oxygen atoms in total. The first-order chi connectivity index (χ1) is 11.8. The van der Waals surface area contributed by atoms with Gasteiger partial charge < -0.3 is 18.9 Å². The highest BCUT2D eigenvalue weighted by Gasteiger charge is 2.22. The molecule has 0 heterocycles. The van der Waals surface area contributed by atoms with Gasteiger partial charge >= 0.3 is 0 Å². The number of ether oxygens (including phenoxy) is 4. The summed E-state index contributed by atoms with van der Waals surface area (Å²) in [6, 6.07) is 3.62. The molecule has 0 atom stereocenters. The lowest BCUT2D eigenvalue weighted by atomic mass is 10.1. The number of benzene rings is 1. The quantitative estimate of drug-likeness (QED) is 0.267. The second-order valence-electron chi connectivity index (χ2n) is 5.11. The van der Waals surface area contributed by atoms with E-state index in [9.17, 15) is 4.79 Å². The van der Waals surface area contributed by atoms with Crippen LogP contribution in [0.2, 0.25) is 0 Å². The predicted octanol–water partition coefficient (Wildman–Crippen LogP) is 2.55. The Labute approximate surface area is 140 Å². The Morgan fingerprint density at radius 3 is 2.58 bits per heavy atom. The van der Waals surface area contributed by atoms with Gasteiger partial charge in [0.15, 0.2) is 17.3 Å². The first-order valence-electron chi connectivity index (χ1n) is 7.79. The van der Waals surface area contributed by atoms with Crippen LogP contribution in [-0.2, 0) is 15.9 Å². The minimum atomic E-state index is 0.152. The minimum absolute atomic E-state index is 0.152. The lowest BCUT2D eigenvalue weighted by molar-refractivity contribution is 0.0385. The average molecular weight is 335 g/mol. The minimum Gasteiger partial charge on any atom is -0.493 e. The predicted molar refractivity (Wildman–Crippen MR) is 86.8 cm³/mol. The lowest BCUT2D eigenvalue weighted by Gasteiger charge is -2.13. The molecule has 2 rings (SSSR count). The number of aryl methyl sites for hydroxylation is 1. The molecule has 0 N–H and O–H groups in total. The van der Waals surface area contributed by atoms with Gasteiger partial charge in [-0.1, -0.05) is 5.11 Å². The highest BCUT2D eigenvalue weighted by molar-refractivity contribution is 6.01. The van der Waals surface area contributed by atoms with Gasteiger partial charge in [0.25, 0.3) is 0 Å². The molecule has 1 aliphatic carbocycles. The van der Waals surface area contributed by atoms with E-state index in [4.69, 9.17) is 24.5 Å². The van der Waals surface area contributed by atoms with Gasteiger partial charge in [-0.05, 0) is 29.6 Å². The van der Waals surface area contributed by atoms with E-state index < -0.39 is 0 Å². The lowest BCUT2D eigenvalue weighted by Crippen LogP contribution is -2.12. The second kappa shape index (κ2) is 9.77. The summed E-state index contributed by atoms with van der Waals surface area (Å²) in [5.74, 6) is 1.34. The van der Waals surface area contributed by atoms with Crippen molar-refractivity contribution >= 4 is 5.78 Å². The molecule has 0 radical (unpaired) electrons. The molecule has 8 heteroatoms. The topological polar surface area (TPSA) is 103 Å². The summed E-state index contributed by atoms with van der Waals surface area (Å²) in [4.78, 5) is 14.4. The molecule has 1 aromatic carbocycles. The third-order valence-electron chi connectivity index (χ3n) is 3.57. The van der Waals surface area contributed by atoms with E-state index in [0.717, 1.165) is 17.5 Å². The van der Waals surface area contributed by atoms with Crippen molar-refractivity contribution in [1.82, 2.24) is 0 Å². The van der Waals surface area contributed by atoms with Crippen LogP contribution in [0.25, 0.3) is 10.4 Å². The summed E-state index contributed by atoms with van der Waals surface area (Å²) in [7, 11) is 1.55. The molecule has 1 aromatic rings. The van der Waals surface area contributed by atoms with Gasteiger partial charge in [0, 0.05) is 23.4 Å². The van der Waals surface area contributed by atoms with Gasteiger partial charge in [-0.2, -0.15) is 0 Å². The first kappa shape index (κ1) is 18.1. The number of fused-ring (bicyclic) bond motifs is 1. The maximum Gasteiger partial charge on any atom is 0.163 e. The third kappa shape index (κ3) is 5.13. The van der Waals surface area contributed by atoms with E-state index >= 15 is 0 Å². The first-order valence-corrected chi connectivity index (χ1v) is 7.79. The van der Waals surface area contributed by atoms with Crippen LogP contribution in [0, 0.1) is 0 Å². The maximum absolute atomic E-state index is 11.7. The summed E-state index contributed by atoms with van der Waals surface area (Å²) in [6.07, 6.45) is 1.29. The highest BCUT2D eigenvalue weighted by atomic mass is 16.6. The fourth-order valence-electron chi connectivity index (χ4n) is 2.41. The molecule has 0 saturated heterocycles. The molecule has 0 aromatic heterocycles. The number of carbonyl (C=O) groups is 1. The fraction of sp³-hybridized carbons (Fsp3) is 0.562. The van der Waals surface area contributed by atoms with Crippen molar-refractivity contribution in [1.29, 1.82) is 0 Å². The van der Waals surface area contributed by atoms with E-state index in [0.29, 0.717) is 57.5 Å². The van der Waals surface area contributed by atoms with Crippen LogP contribution >= 0.6 is 0 Å². The van der Waals surface area contributed by atoms with Crippen molar-refractivity contribution in [2.75, 3.05) is 46.7 Å². The number of ketones is 1. The number of hydrogen-bond acceptors (Lipinski definition) is 6. The van der Waals surface area contributed by atoms with Crippen LogP contribution in [-0.4, -0.2) is 52.5 Å². The van der Waals surface area contributed by atoms with E-state index in [1.165, 1.54) is 0 Å². The molecule has 0 unspecified atom stereocenters. The summed E-state index contributed by atoms with van der Waals surface area (Å²) in [6.45, 7) is 2.37. The van der Waals surface area contributed by atoms with Crippen LogP contribution in [0.4, 0.5) is 0 Å². The van der Waals surface area contributed by atoms with Crippen LogP contribution < -0.4 is 9.47 Å². The number of methoxy groups -OCH3 is 1. The van der Waals surface area contributed by atoms with E-state index in [1.807, 2.05) is 6.07 Å². The Hall–Kier alpha value is -2.28. The summed E-state index contributed by atoms with van der Waals surface area (Å²) in [5.41, 5.74) is 9.84. The number of rotatable bonds is 11. The van der Waals surface area contributed by atoms with Gasteiger partial charge in [0.05, 0.1) is 33.5 Å². The highest BCUT2D eigenvalue weighted by Crippen LogP contribution is 2.34. The SMILES string of the molecule is COc1cc2c(cc1OCCOCCOCCN=[N+]=[N-])CCC2=O.